The number of likely N-dealkylation sites (tertiary alicyclic amines) is 1. The third kappa shape index (κ3) is 3.98. The van der Waals surface area contributed by atoms with E-state index in [1.165, 1.54) is 20.9 Å². The number of piperazine rings is 1. The molecule has 0 aromatic heterocycles. The van der Waals surface area contributed by atoms with E-state index in [2.05, 4.69) is 18.2 Å². The second-order valence-corrected chi connectivity index (χ2v) is 7.54. The number of ether oxygens (including phenoxy) is 1. The highest BCUT2D eigenvalue weighted by atomic mass is 16.5. The largest absolute Gasteiger partial charge is 0.493 e. The molecule has 0 atom stereocenters. The molecule has 3 heterocycles. The molecule has 1 aromatic carbocycles. The SMILES string of the molecule is O=C(CCN1C(=O)CCC1=O)N1CC[NH+](Cc2ccc3c(c2)CCO3)CC1. The molecule has 0 bridgehead atoms. The van der Waals surface area contributed by atoms with Gasteiger partial charge in [0.2, 0.25) is 17.7 Å². The van der Waals surface area contributed by atoms with Crippen LogP contribution in [0.4, 0.5) is 0 Å². The summed E-state index contributed by atoms with van der Waals surface area (Å²) >= 11 is 0. The van der Waals surface area contributed by atoms with Gasteiger partial charge in [-0.1, -0.05) is 0 Å². The Morgan fingerprint density at radius 2 is 1.81 bits per heavy atom. The third-order valence-electron chi connectivity index (χ3n) is 5.74. The molecule has 144 valence electrons. The zero-order chi connectivity index (χ0) is 18.8. The van der Waals surface area contributed by atoms with Gasteiger partial charge in [-0.3, -0.25) is 19.3 Å². The molecular weight excluding hydrogens is 346 g/mol. The zero-order valence-electron chi connectivity index (χ0n) is 15.5. The fourth-order valence-corrected chi connectivity index (χ4v) is 4.13. The van der Waals surface area contributed by atoms with Crippen molar-refractivity contribution in [1.82, 2.24) is 9.80 Å². The first-order valence-electron chi connectivity index (χ1n) is 9.79. The van der Waals surface area contributed by atoms with Crippen LogP contribution in [0.5, 0.6) is 5.75 Å². The van der Waals surface area contributed by atoms with E-state index >= 15 is 0 Å². The fourth-order valence-electron chi connectivity index (χ4n) is 4.13. The summed E-state index contributed by atoms with van der Waals surface area (Å²) in [4.78, 5) is 40.2. The van der Waals surface area contributed by atoms with E-state index < -0.39 is 0 Å². The molecule has 0 radical (unpaired) electrons. The Labute approximate surface area is 158 Å². The number of benzene rings is 1. The summed E-state index contributed by atoms with van der Waals surface area (Å²) in [6.07, 6.45) is 1.79. The molecule has 3 aliphatic heterocycles. The van der Waals surface area contributed by atoms with Crippen LogP contribution < -0.4 is 9.64 Å². The molecule has 4 rings (SSSR count). The summed E-state index contributed by atoms with van der Waals surface area (Å²) in [5.41, 5.74) is 2.62. The second-order valence-electron chi connectivity index (χ2n) is 7.54. The first-order chi connectivity index (χ1) is 13.1. The van der Waals surface area contributed by atoms with Crippen LogP contribution in [0.3, 0.4) is 0 Å². The topological polar surface area (TPSA) is 71.4 Å². The fraction of sp³-hybridized carbons (Fsp3) is 0.550. The average molecular weight is 372 g/mol. The first kappa shape index (κ1) is 18.0. The third-order valence-corrected chi connectivity index (χ3v) is 5.74. The molecule has 3 aliphatic rings. The van der Waals surface area contributed by atoms with E-state index in [4.69, 9.17) is 4.74 Å². The molecule has 1 N–H and O–H groups in total. The molecule has 0 spiro atoms. The highest BCUT2D eigenvalue weighted by molar-refractivity contribution is 6.02. The zero-order valence-corrected chi connectivity index (χ0v) is 15.5. The number of carbonyl (C=O) groups is 3. The summed E-state index contributed by atoms with van der Waals surface area (Å²) in [7, 11) is 0. The quantitative estimate of drug-likeness (QED) is 0.700. The van der Waals surface area contributed by atoms with Crippen molar-refractivity contribution in [1.29, 1.82) is 0 Å². The summed E-state index contributed by atoms with van der Waals surface area (Å²) in [5, 5.41) is 0. The van der Waals surface area contributed by atoms with Crippen molar-refractivity contribution in [2.45, 2.75) is 32.2 Å². The van der Waals surface area contributed by atoms with Gasteiger partial charge in [-0.05, 0) is 23.8 Å². The lowest BCUT2D eigenvalue weighted by Crippen LogP contribution is -3.13. The highest BCUT2D eigenvalue weighted by Crippen LogP contribution is 2.25. The molecule has 0 unspecified atom stereocenters. The molecule has 7 heteroatoms. The standard InChI is InChI=1S/C20H25N3O4/c24-18(5-7-23-19(25)3-4-20(23)26)22-10-8-21(9-11-22)14-15-1-2-17-16(13-15)6-12-27-17/h1-2,13H,3-12,14H2/p+1. The maximum Gasteiger partial charge on any atom is 0.229 e. The molecule has 7 nitrogen and oxygen atoms in total. The lowest BCUT2D eigenvalue weighted by atomic mass is 10.1. The number of nitrogens with zero attached hydrogens (tertiary/aromatic N) is 2. The smallest absolute Gasteiger partial charge is 0.229 e. The molecule has 2 fully saturated rings. The second kappa shape index (κ2) is 7.68. The Morgan fingerprint density at radius 3 is 2.56 bits per heavy atom. The van der Waals surface area contributed by atoms with E-state index in [0.29, 0.717) is 0 Å². The van der Waals surface area contributed by atoms with Crippen molar-refractivity contribution in [2.24, 2.45) is 0 Å². The molecule has 0 aliphatic carbocycles. The number of nitrogens with one attached hydrogen (secondary N) is 1. The lowest BCUT2D eigenvalue weighted by molar-refractivity contribution is -0.917. The summed E-state index contributed by atoms with van der Waals surface area (Å²) in [6, 6.07) is 6.45. The van der Waals surface area contributed by atoms with Crippen LogP contribution >= 0.6 is 0 Å². The van der Waals surface area contributed by atoms with Gasteiger partial charge in [-0.25, -0.2) is 0 Å². The van der Waals surface area contributed by atoms with Crippen molar-refractivity contribution < 1.29 is 24.0 Å². The van der Waals surface area contributed by atoms with Crippen LogP contribution in [0.2, 0.25) is 0 Å². The minimum absolute atomic E-state index is 0.0382. The molecule has 27 heavy (non-hydrogen) atoms. The van der Waals surface area contributed by atoms with E-state index in [1.807, 2.05) is 4.90 Å². The summed E-state index contributed by atoms with van der Waals surface area (Å²) < 4.78 is 5.56. The van der Waals surface area contributed by atoms with Crippen molar-refractivity contribution in [2.75, 3.05) is 39.3 Å². The first-order valence-corrected chi connectivity index (χ1v) is 9.79. The van der Waals surface area contributed by atoms with Crippen molar-refractivity contribution >= 4 is 17.7 Å². The van der Waals surface area contributed by atoms with Crippen LogP contribution in [0.15, 0.2) is 18.2 Å². The molecule has 3 amide bonds. The summed E-state index contributed by atoms with van der Waals surface area (Å²) in [6.45, 7) is 5.25. The number of fused-ring (bicyclic) bond motifs is 1. The maximum atomic E-state index is 12.4. The number of amides is 3. The maximum absolute atomic E-state index is 12.4. The highest BCUT2D eigenvalue weighted by Gasteiger charge is 2.30. The number of carbonyl (C=O) groups excluding carboxylic acids is 3. The Hall–Kier alpha value is -2.41. The lowest BCUT2D eigenvalue weighted by Gasteiger charge is -2.32. The van der Waals surface area contributed by atoms with E-state index in [-0.39, 0.29) is 43.5 Å². The Balaban J connectivity index is 1.23. The predicted octanol–water partition coefficient (Wildman–Crippen LogP) is -0.612. The van der Waals surface area contributed by atoms with Crippen LogP contribution in [0.25, 0.3) is 0 Å². The number of imide groups is 1. The number of quaternary nitrogens is 1. The number of hydrogen-bond acceptors (Lipinski definition) is 4. The minimum atomic E-state index is -0.151. The molecule has 2 saturated heterocycles. The molecular formula is C20H26N3O4+. The number of rotatable bonds is 5. The van der Waals surface area contributed by atoms with E-state index in [0.717, 1.165) is 51.5 Å². The van der Waals surface area contributed by atoms with E-state index in [1.54, 1.807) is 0 Å². The normalized spacial score (nSPS) is 20.1. The van der Waals surface area contributed by atoms with Crippen LogP contribution in [0, 0.1) is 0 Å². The number of hydrogen-bond donors (Lipinski definition) is 1. The van der Waals surface area contributed by atoms with Gasteiger partial charge >= 0.3 is 0 Å². The summed E-state index contributed by atoms with van der Waals surface area (Å²) in [5.74, 6) is 0.749. The van der Waals surface area contributed by atoms with Gasteiger partial charge in [-0.2, -0.15) is 0 Å². The molecule has 1 aromatic rings. The van der Waals surface area contributed by atoms with Gasteiger partial charge in [0, 0.05) is 37.8 Å². The van der Waals surface area contributed by atoms with Gasteiger partial charge in [0.15, 0.2) is 0 Å². The monoisotopic (exact) mass is 372 g/mol. The Morgan fingerprint density at radius 1 is 1.07 bits per heavy atom. The predicted molar refractivity (Wildman–Crippen MR) is 97.2 cm³/mol. The minimum Gasteiger partial charge on any atom is -0.493 e. The van der Waals surface area contributed by atoms with E-state index in [9.17, 15) is 14.4 Å². The Bertz CT molecular complexity index is 740. The average Bonchev–Trinajstić information content (AvgIpc) is 3.26. The van der Waals surface area contributed by atoms with Gasteiger partial charge < -0.3 is 14.5 Å². The molecule has 0 saturated carbocycles. The van der Waals surface area contributed by atoms with Crippen LogP contribution in [-0.4, -0.2) is 66.9 Å². The van der Waals surface area contributed by atoms with Crippen LogP contribution in [-0.2, 0) is 27.3 Å². The van der Waals surface area contributed by atoms with Crippen molar-refractivity contribution in [3.05, 3.63) is 29.3 Å². The Kier molecular flexibility index (Phi) is 5.11. The van der Waals surface area contributed by atoms with Crippen molar-refractivity contribution in [3.63, 3.8) is 0 Å². The van der Waals surface area contributed by atoms with Gasteiger partial charge in [0.1, 0.15) is 12.3 Å². The van der Waals surface area contributed by atoms with Gasteiger partial charge in [-0.15, -0.1) is 0 Å². The van der Waals surface area contributed by atoms with Gasteiger partial charge in [0.05, 0.1) is 32.8 Å². The van der Waals surface area contributed by atoms with Gasteiger partial charge in [0.25, 0.3) is 0 Å². The van der Waals surface area contributed by atoms with Crippen molar-refractivity contribution in [3.8, 4) is 5.75 Å². The van der Waals surface area contributed by atoms with Crippen LogP contribution in [0.1, 0.15) is 30.4 Å².